The van der Waals surface area contributed by atoms with E-state index in [9.17, 15) is 24.3 Å². The number of fused-ring (bicyclic) bond motifs is 1. The second-order valence-electron chi connectivity index (χ2n) is 12.9. The standard InChI is InChI=1S/C34H47N3O7/c1-6-8-16-26(39)35-22-25(23-14-10-9-11-15-23)43-32(42)27-24-17-18-34(44-24)28(27)30(40)36(20-12-13-21-38)29(34)31(41)37(19-7-2)33(3,4)5/h6-7,9-11,14-15,24-25,27-29,38H,1-2,8,12-13,16-22H2,3-5H3,(H,35,39)/t24-,25+,27+,28+,29-,34+/m1/s1. The predicted molar refractivity (Wildman–Crippen MR) is 165 cm³/mol. The van der Waals surface area contributed by atoms with E-state index in [4.69, 9.17) is 9.47 Å². The normalized spacial score (nSPS) is 26.2. The molecule has 3 heterocycles. The molecule has 3 amide bonds. The molecule has 10 nitrogen and oxygen atoms in total. The van der Waals surface area contributed by atoms with Crippen molar-refractivity contribution < 1.29 is 33.8 Å². The molecule has 0 radical (unpaired) electrons. The quantitative estimate of drug-likeness (QED) is 0.178. The number of aliphatic hydroxyl groups excluding tert-OH is 1. The Morgan fingerprint density at radius 2 is 1.93 bits per heavy atom. The van der Waals surface area contributed by atoms with E-state index in [1.54, 1.807) is 22.0 Å². The Bertz CT molecular complexity index is 1230. The number of rotatable bonds is 15. The molecule has 0 aliphatic carbocycles. The molecule has 4 rings (SSSR count). The van der Waals surface area contributed by atoms with Crippen LogP contribution >= 0.6 is 0 Å². The zero-order valence-electron chi connectivity index (χ0n) is 26.2. The molecule has 0 aromatic heterocycles. The Hall–Kier alpha value is -3.50. The number of ether oxygens (including phenoxy) is 2. The van der Waals surface area contributed by atoms with Crippen molar-refractivity contribution in [2.24, 2.45) is 11.8 Å². The van der Waals surface area contributed by atoms with Gasteiger partial charge in [0.05, 0.1) is 24.5 Å². The van der Waals surface area contributed by atoms with Gasteiger partial charge in [0.2, 0.25) is 17.7 Å². The molecule has 3 saturated heterocycles. The van der Waals surface area contributed by atoms with E-state index in [1.165, 1.54) is 0 Å². The zero-order chi connectivity index (χ0) is 32.1. The zero-order valence-corrected chi connectivity index (χ0v) is 26.2. The average molecular weight is 610 g/mol. The van der Waals surface area contributed by atoms with Crippen LogP contribution in [0.3, 0.4) is 0 Å². The van der Waals surface area contributed by atoms with Crippen molar-refractivity contribution in [3.8, 4) is 0 Å². The molecule has 44 heavy (non-hydrogen) atoms. The minimum absolute atomic E-state index is 0.0294. The number of carbonyl (C=O) groups is 4. The van der Waals surface area contributed by atoms with Crippen LogP contribution in [0.4, 0.5) is 0 Å². The Morgan fingerprint density at radius 3 is 2.57 bits per heavy atom. The third kappa shape index (κ3) is 6.61. The molecule has 3 aliphatic rings. The Morgan fingerprint density at radius 1 is 1.20 bits per heavy atom. The molecule has 240 valence electrons. The molecule has 3 fully saturated rings. The second-order valence-corrected chi connectivity index (χ2v) is 12.9. The van der Waals surface area contributed by atoms with Gasteiger partial charge in [0.15, 0.2) is 0 Å². The highest BCUT2D eigenvalue weighted by atomic mass is 16.6. The molecule has 6 atom stereocenters. The van der Waals surface area contributed by atoms with Crippen LogP contribution in [0.15, 0.2) is 55.6 Å². The van der Waals surface area contributed by atoms with Crippen LogP contribution in [0.25, 0.3) is 0 Å². The number of likely N-dealkylation sites (tertiary alicyclic amines) is 1. The van der Waals surface area contributed by atoms with Gasteiger partial charge in [0.25, 0.3) is 0 Å². The summed E-state index contributed by atoms with van der Waals surface area (Å²) in [6.45, 7) is 13.9. The molecular formula is C34H47N3O7. The minimum atomic E-state index is -1.16. The van der Waals surface area contributed by atoms with Gasteiger partial charge in [0.1, 0.15) is 17.7 Å². The largest absolute Gasteiger partial charge is 0.455 e. The molecule has 1 aromatic rings. The van der Waals surface area contributed by atoms with Gasteiger partial charge < -0.3 is 29.7 Å². The third-order valence-electron chi connectivity index (χ3n) is 8.99. The molecule has 1 aromatic carbocycles. The fourth-order valence-electron chi connectivity index (χ4n) is 6.95. The van der Waals surface area contributed by atoms with Crippen molar-refractivity contribution in [1.29, 1.82) is 0 Å². The number of esters is 1. The summed E-state index contributed by atoms with van der Waals surface area (Å²) in [5.74, 6) is -3.06. The number of carbonyl (C=O) groups excluding carboxylic acids is 4. The van der Waals surface area contributed by atoms with Gasteiger partial charge in [0, 0.05) is 31.7 Å². The lowest BCUT2D eigenvalue weighted by Gasteiger charge is -2.42. The number of amides is 3. The SMILES string of the molecule is C=CCCC(=O)NC[C@H](OC(=O)[C@@H]1[C@H]2C(=O)N(CCCCO)[C@H](C(=O)N(CC=C)C(C)(C)C)[C@]23CC[C@H]1O3)c1ccccc1. The lowest BCUT2D eigenvalue weighted by atomic mass is 9.70. The fraction of sp³-hybridized carbons (Fsp3) is 0.588. The van der Waals surface area contributed by atoms with Gasteiger partial charge in [-0.3, -0.25) is 19.2 Å². The summed E-state index contributed by atoms with van der Waals surface area (Å²) in [5.41, 5.74) is -0.994. The minimum Gasteiger partial charge on any atom is -0.455 e. The maximum absolute atomic E-state index is 14.4. The lowest BCUT2D eigenvalue weighted by molar-refractivity contribution is -0.160. The molecule has 0 unspecified atom stereocenters. The molecule has 3 aliphatic heterocycles. The van der Waals surface area contributed by atoms with Gasteiger partial charge in [-0.1, -0.05) is 42.5 Å². The fourth-order valence-corrected chi connectivity index (χ4v) is 6.95. The first kappa shape index (κ1) is 33.4. The van der Waals surface area contributed by atoms with Crippen molar-refractivity contribution in [3.05, 3.63) is 61.2 Å². The summed E-state index contributed by atoms with van der Waals surface area (Å²) in [5, 5.41) is 12.3. The van der Waals surface area contributed by atoms with Crippen LogP contribution in [0, 0.1) is 11.8 Å². The molecule has 2 bridgehead atoms. The number of nitrogens with zero attached hydrogens (tertiary/aromatic N) is 2. The summed E-state index contributed by atoms with van der Waals surface area (Å²) in [6, 6.07) is 8.25. The molecule has 0 saturated carbocycles. The van der Waals surface area contributed by atoms with Gasteiger partial charge in [-0.25, -0.2) is 0 Å². The van der Waals surface area contributed by atoms with E-state index in [0.29, 0.717) is 44.2 Å². The monoisotopic (exact) mass is 609 g/mol. The third-order valence-corrected chi connectivity index (χ3v) is 8.99. The molecular weight excluding hydrogens is 562 g/mol. The number of benzene rings is 1. The van der Waals surface area contributed by atoms with E-state index in [2.05, 4.69) is 18.5 Å². The van der Waals surface area contributed by atoms with Crippen molar-refractivity contribution in [3.63, 3.8) is 0 Å². The lowest BCUT2D eigenvalue weighted by Crippen LogP contribution is -2.59. The van der Waals surface area contributed by atoms with E-state index in [-0.39, 0.29) is 43.8 Å². The number of allylic oxidation sites excluding steroid dienone is 1. The molecule has 10 heteroatoms. The highest BCUT2D eigenvalue weighted by Crippen LogP contribution is 2.59. The summed E-state index contributed by atoms with van der Waals surface area (Å²) < 4.78 is 12.6. The molecule has 2 N–H and O–H groups in total. The topological polar surface area (TPSA) is 125 Å². The number of hydrogen-bond acceptors (Lipinski definition) is 7. The number of aliphatic hydroxyl groups is 1. The molecule has 1 spiro atoms. The van der Waals surface area contributed by atoms with E-state index >= 15 is 0 Å². The smallest absolute Gasteiger partial charge is 0.313 e. The van der Waals surface area contributed by atoms with Crippen molar-refractivity contribution in [2.75, 3.05) is 26.2 Å². The van der Waals surface area contributed by atoms with Crippen LogP contribution in [-0.2, 0) is 28.7 Å². The van der Waals surface area contributed by atoms with E-state index in [1.807, 2.05) is 51.1 Å². The van der Waals surface area contributed by atoms with Crippen LogP contribution in [-0.4, -0.2) is 88.1 Å². The Balaban J connectivity index is 1.64. The number of nitrogens with one attached hydrogen (secondary N) is 1. The van der Waals surface area contributed by atoms with Gasteiger partial charge in [-0.15, -0.1) is 13.2 Å². The van der Waals surface area contributed by atoms with Crippen LogP contribution < -0.4 is 5.32 Å². The highest BCUT2D eigenvalue weighted by Gasteiger charge is 2.75. The Kier molecular flexibility index (Phi) is 10.7. The first-order valence-electron chi connectivity index (χ1n) is 15.6. The van der Waals surface area contributed by atoms with Crippen LogP contribution in [0.2, 0.25) is 0 Å². The first-order valence-corrected chi connectivity index (χ1v) is 15.6. The number of unbranched alkanes of at least 4 members (excludes halogenated alkanes) is 1. The number of hydrogen-bond donors (Lipinski definition) is 2. The predicted octanol–water partition coefficient (Wildman–Crippen LogP) is 3.31. The summed E-state index contributed by atoms with van der Waals surface area (Å²) in [7, 11) is 0. The van der Waals surface area contributed by atoms with Gasteiger partial charge in [-0.05, 0) is 58.4 Å². The summed E-state index contributed by atoms with van der Waals surface area (Å²) in [4.78, 5) is 58.2. The highest BCUT2D eigenvalue weighted by molar-refractivity contribution is 5.98. The van der Waals surface area contributed by atoms with Gasteiger partial charge >= 0.3 is 5.97 Å². The van der Waals surface area contributed by atoms with Gasteiger partial charge in [-0.2, -0.15) is 0 Å². The Labute approximate surface area is 260 Å². The van der Waals surface area contributed by atoms with Crippen molar-refractivity contribution in [2.45, 2.75) is 88.7 Å². The maximum atomic E-state index is 14.4. The van der Waals surface area contributed by atoms with E-state index in [0.717, 1.165) is 0 Å². The maximum Gasteiger partial charge on any atom is 0.313 e. The summed E-state index contributed by atoms with van der Waals surface area (Å²) >= 11 is 0. The van der Waals surface area contributed by atoms with Crippen molar-refractivity contribution >= 4 is 23.7 Å². The average Bonchev–Trinajstić information content (AvgIpc) is 3.64. The van der Waals surface area contributed by atoms with Crippen molar-refractivity contribution in [1.82, 2.24) is 15.1 Å². The van der Waals surface area contributed by atoms with E-state index < -0.39 is 47.2 Å². The van der Waals surface area contributed by atoms with Crippen LogP contribution in [0.1, 0.15) is 71.0 Å². The second kappa shape index (κ2) is 14.1. The summed E-state index contributed by atoms with van der Waals surface area (Å²) in [6.07, 6.45) is 4.77. The van der Waals surface area contributed by atoms with Crippen LogP contribution in [0.5, 0.6) is 0 Å². The first-order chi connectivity index (χ1) is 21.0.